The van der Waals surface area contributed by atoms with Gasteiger partial charge in [0.15, 0.2) is 0 Å². The summed E-state index contributed by atoms with van der Waals surface area (Å²) in [7, 11) is 0. The van der Waals surface area contributed by atoms with Gasteiger partial charge in [0, 0.05) is 46.8 Å². The number of nitrogens with one attached hydrogen (secondary N) is 1. The van der Waals surface area contributed by atoms with Crippen LogP contribution in [0.4, 0.5) is 24.5 Å². The number of carbonyl (C=O) groups is 1. The predicted molar refractivity (Wildman–Crippen MR) is 89.2 cm³/mol. The summed E-state index contributed by atoms with van der Waals surface area (Å²) in [6, 6.07) is 11.4. The van der Waals surface area contributed by atoms with Gasteiger partial charge in [0.25, 0.3) is 0 Å². The monoisotopic (exact) mass is 355 g/mol. The summed E-state index contributed by atoms with van der Waals surface area (Å²) in [4.78, 5) is 15.1. The van der Waals surface area contributed by atoms with Crippen LogP contribution < -0.4 is 5.32 Å². The Kier molecular flexibility index (Phi) is 5.72. The number of pyridine rings is 1. The number of hydrogen-bond acceptors (Lipinski definition) is 3. The van der Waals surface area contributed by atoms with Crippen LogP contribution in [-0.4, -0.2) is 45.6 Å². The van der Waals surface area contributed by atoms with E-state index in [1.54, 1.807) is 18.2 Å². The Balaban J connectivity index is 0.00000225. The first-order valence-corrected chi connectivity index (χ1v) is 6.92. The van der Waals surface area contributed by atoms with Gasteiger partial charge in [0.2, 0.25) is 0 Å². The summed E-state index contributed by atoms with van der Waals surface area (Å²) in [5.41, 5.74) is -0.373. The van der Waals surface area contributed by atoms with Gasteiger partial charge < -0.3 is 10.4 Å². The molecule has 2 N–H and O–H groups in total. The zero-order chi connectivity index (χ0) is 17.3. The Morgan fingerprint density at radius 1 is 1.00 bits per heavy atom. The molecule has 25 heavy (non-hydrogen) atoms. The van der Waals surface area contributed by atoms with Gasteiger partial charge in [0.1, 0.15) is 0 Å². The first-order valence-electron chi connectivity index (χ1n) is 6.92. The number of benzene rings is 2. The van der Waals surface area contributed by atoms with Crippen molar-refractivity contribution in [3.05, 3.63) is 65.9 Å². The molecule has 0 aliphatic rings. The van der Waals surface area contributed by atoms with Crippen molar-refractivity contribution in [2.45, 2.75) is 6.18 Å². The maximum absolute atomic E-state index is 13.1. The third-order valence-electron chi connectivity index (χ3n) is 3.50. The number of aromatic carboxylic acids is 1. The molecule has 0 amide bonds. The molecule has 2 aromatic carbocycles. The molecular formula is C17H11F3N2NaO2. The van der Waals surface area contributed by atoms with Gasteiger partial charge in [-0.2, -0.15) is 13.2 Å². The second-order valence-electron chi connectivity index (χ2n) is 5.03. The quantitative estimate of drug-likeness (QED) is 0.687. The van der Waals surface area contributed by atoms with E-state index >= 15 is 0 Å². The van der Waals surface area contributed by atoms with Crippen LogP contribution in [0.3, 0.4) is 0 Å². The maximum Gasteiger partial charge on any atom is 0.418 e. The summed E-state index contributed by atoms with van der Waals surface area (Å²) in [5.74, 6) is -1.13. The number of nitrogens with zero attached hydrogens (tertiary/aromatic N) is 1. The van der Waals surface area contributed by atoms with Crippen molar-refractivity contribution in [1.29, 1.82) is 0 Å². The third-order valence-corrected chi connectivity index (χ3v) is 3.50. The summed E-state index contributed by atoms with van der Waals surface area (Å²) in [5, 5.41) is 12.4. The Morgan fingerprint density at radius 3 is 2.40 bits per heavy atom. The molecule has 0 unspecified atom stereocenters. The normalized spacial score (nSPS) is 11.0. The molecule has 4 nitrogen and oxygen atoms in total. The second-order valence-corrected chi connectivity index (χ2v) is 5.03. The van der Waals surface area contributed by atoms with Crippen molar-refractivity contribution in [3.63, 3.8) is 0 Å². The molecule has 3 aromatic rings. The van der Waals surface area contributed by atoms with Crippen LogP contribution >= 0.6 is 0 Å². The minimum Gasteiger partial charge on any atom is -0.478 e. The first-order chi connectivity index (χ1) is 11.4. The zero-order valence-electron chi connectivity index (χ0n) is 13.1. The number of fused-ring (bicyclic) bond motifs is 1. The van der Waals surface area contributed by atoms with E-state index in [4.69, 9.17) is 0 Å². The molecule has 0 atom stereocenters. The number of carboxylic acids is 1. The molecule has 1 aromatic heterocycles. The van der Waals surface area contributed by atoms with Crippen molar-refractivity contribution in [2.24, 2.45) is 0 Å². The molecule has 0 aliphatic heterocycles. The molecule has 123 valence electrons. The van der Waals surface area contributed by atoms with E-state index in [1.807, 2.05) is 0 Å². The summed E-state index contributed by atoms with van der Waals surface area (Å²) in [6.45, 7) is 0. The van der Waals surface area contributed by atoms with Gasteiger partial charge in [-0.25, -0.2) is 4.79 Å². The number of hydrogen-bond donors (Lipinski definition) is 2. The molecule has 0 saturated heterocycles. The average molecular weight is 355 g/mol. The van der Waals surface area contributed by atoms with E-state index in [-0.39, 0.29) is 51.7 Å². The molecule has 1 radical (unpaired) electrons. The molecule has 0 fully saturated rings. The molecule has 3 rings (SSSR count). The largest absolute Gasteiger partial charge is 0.478 e. The van der Waals surface area contributed by atoms with Crippen molar-refractivity contribution in [2.75, 3.05) is 5.32 Å². The molecule has 0 aliphatic carbocycles. The van der Waals surface area contributed by atoms with Crippen LogP contribution in [0.25, 0.3) is 10.9 Å². The predicted octanol–water partition coefficient (Wildman–Crippen LogP) is 4.31. The number of anilines is 2. The van der Waals surface area contributed by atoms with Crippen LogP contribution in [0.1, 0.15) is 15.9 Å². The summed E-state index contributed by atoms with van der Waals surface area (Å²) >= 11 is 0. The Labute approximate surface area is 163 Å². The van der Waals surface area contributed by atoms with E-state index in [1.165, 1.54) is 30.5 Å². The van der Waals surface area contributed by atoms with Crippen molar-refractivity contribution < 1.29 is 23.1 Å². The van der Waals surface area contributed by atoms with Crippen LogP contribution in [-0.2, 0) is 6.18 Å². The van der Waals surface area contributed by atoms with Gasteiger partial charge >= 0.3 is 12.1 Å². The van der Waals surface area contributed by atoms with Gasteiger partial charge in [-0.05, 0) is 24.3 Å². The Hall–Kier alpha value is -2.09. The average Bonchev–Trinajstić information content (AvgIpc) is 2.54. The topological polar surface area (TPSA) is 62.2 Å². The maximum atomic E-state index is 13.1. The Bertz CT molecular complexity index is 929. The smallest absolute Gasteiger partial charge is 0.418 e. The third kappa shape index (κ3) is 3.95. The number of rotatable bonds is 3. The van der Waals surface area contributed by atoms with E-state index < -0.39 is 17.7 Å². The van der Waals surface area contributed by atoms with Crippen LogP contribution in [0.15, 0.2) is 54.7 Å². The number of para-hydroxylation sites is 2. The summed E-state index contributed by atoms with van der Waals surface area (Å²) in [6.07, 6.45) is -3.27. The fraction of sp³-hybridized carbons (Fsp3) is 0.0588. The molecule has 0 saturated carbocycles. The minimum absolute atomic E-state index is 0. The van der Waals surface area contributed by atoms with E-state index in [0.717, 1.165) is 6.07 Å². The van der Waals surface area contributed by atoms with Crippen molar-refractivity contribution in [1.82, 2.24) is 4.98 Å². The molecule has 8 heteroatoms. The zero-order valence-corrected chi connectivity index (χ0v) is 15.1. The number of halogens is 3. The number of alkyl halides is 3. The van der Waals surface area contributed by atoms with Crippen LogP contribution in [0.2, 0.25) is 0 Å². The molecule has 1 heterocycles. The Morgan fingerprint density at radius 2 is 1.72 bits per heavy atom. The van der Waals surface area contributed by atoms with E-state index in [2.05, 4.69) is 10.3 Å². The first kappa shape index (κ1) is 19.2. The fourth-order valence-corrected chi connectivity index (χ4v) is 2.44. The number of aromatic nitrogens is 1. The van der Waals surface area contributed by atoms with Gasteiger partial charge in [-0.1, -0.05) is 24.3 Å². The SMILES string of the molecule is O=C(O)c1ccccc1Nc1ccnc2c(C(F)(F)F)cccc12.[Na]. The van der Waals surface area contributed by atoms with Crippen LogP contribution in [0, 0.1) is 0 Å². The second kappa shape index (κ2) is 7.43. The van der Waals surface area contributed by atoms with Gasteiger partial charge in [-0.3, -0.25) is 4.98 Å². The van der Waals surface area contributed by atoms with Gasteiger partial charge in [-0.15, -0.1) is 0 Å². The van der Waals surface area contributed by atoms with E-state index in [0.29, 0.717) is 5.69 Å². The standard InChI is InChI=1S/C17H11F3N2O2.Na/c18-17(19,20)12-6-3-5-10-14(8-9-21-15(10)12)22-13-7-2-1-4-11(13)16(23)24;/h1-9H,(H,21,22)(H,23,24);. The summed E-state index contributed by atoms with van der Waals surface area (Å²) < 4.78 is 39.3. The van der Waals surface area contributed by atoms with Crippen LogP contribution in [0.5, 0.6) is 0 Å². The van der Waals surface area contributed by atoms with Crippen molar-refractivity contribution in [3.8, 4) is 0 Å². The van der Waals surface area contributed by atoms with Crippen molar-refractivity contribution >= 4 is 57.8 Å². The molecular weight excluding hydrogens is 344 g/mol. The number of carboxylic acid groups (broad SMARTS) is 1. The molecule has 0 bridgehead atoms. The van der Waals surface area contributed by atoms with Gasteiger partial charge in [0.05, 0.1) is 22.3 Å². The molecule has 0 spiro atoms. The fourth-order valence-electron chi connectivity index (χ4n) is 2.44. The minimum atomic E-state index is -4.52. The van der Waals surface area contributed by atoms with E-state index in [9.17, 15) is 23.1 Å².